The summed E-state index contributed by atoms with van der Waals surface area (Å²) in [5.41, 5.74) is 4.57. The van der Waals surface area contributed by atoms with Crippen LogP contribution in [0.25, 0.3) is 16.8 Å². The number of aromatic nitrogens is 3. The minimum Gasteiger partial charge on any atom is -0.489 e. The molecule has 2 aromatic carbocycles. The van der Waals surface area contributed by atoms with Crippen LogP contribution in [0.5, 0.6) is 5.75 Å². The maximum Gasteiger partial charge on any atom is 0.304 e. The number of hydrogen-bond donors (Lipinski definition) is 1. The molecule has 36 heavy (non-hydrogen) atoms. The van der Waals surface area contributed by atoms with E-state index in [1.165, 1.54) is 0 Å². The number of nitrogens with zero attached hydrogens (tertiary/aromatic N) is 4. The first-order valence-corrected chi connectivity index (χ1v) is 11.6. The third-order valence-corrected chi connectivity index (χ3v) is 5.75. The molecule has 0 aliphatic heterocycles. The second-order valence-corrected chi connectivity index (χ2v) is 8.71. The summed E-state index contributed by atoms with van der Waals surface area (Å²) in [6.45, 7) is 6.06. The van der Waals surface area contributed by atoms with E-state index in [9.17, 15) is 10.1 Å². The Labute approximate surface area is 210 Å². The van der Waals surface area contributed by atoms with Crippen LogP contribution in [0, 0.1) is 23.2 Å². The summed E-state index contributed by atoms with van der Waals surface area (Å²) in [6, 6.07) is 19.0. The van der Waals surface area contributed by atoms with Crippen molar-refractivity contribution in [1.82, 2.24) is 14.6 Å². The van der Waals surface area contributed by atoms with Gasteiger partial charge in [-0.05, 0) is 36.8 Å². The summed E-state index contributed by atoms with van der Waals surface area (Å²) in [5.74, 6) is 6.04. The van der Waals surface area contributed by atoms with Gasteiger partial charge in [0.25, 0.3) is 0 Å². The Kier molecular flexibility index (Phi) is 7.32. The first-order valence-electron chi connectivity index (χ1n) is 11.6. The summed E-state index contributed by atoms with van der Waals surface area (Å²) >= 11 is 0. The molecule has 0 bridgehead atoms. The molecule has 0 aliphatic rings. The van der Waals surface area contributed by atoms with Gasteiger partial charge in [-0.3, -0.25) is 4.79 Å². The maximum absolute atomic E-state index is 11.2. The fraction of sp³-hybridized carbons (Fsp3) is 0.241. The number of rotatable bonds is 8. The zero-order valence-electron chi connectivity index (χ0n) is 20.4. The van der Waals surface area contributed by atoms with Crippen molar-refractivity contribution in [3.05, 3.63) is 83.3 Å². The minimum absolute atomic E-state index is 0.0513. The zero-order valence-corrected chi connectivity index (χ0v) is 20.4. The van der Waals surface area contributed by atoms with Crippen LogP contribution in [0.4, 0.5) is 0 Å². The van der Waals surface area contributed by atoms with Crippen molar-refractivity contribution in [1.29, 1.82) is 5.26 Å². The van der Waals surface area contributed by atoms with Crippen molar-refractivity contribution in [2.75, 3.05) is 0 Å². The van der Waals surface area contributed by atoms with E-state index in [2.05, 4.69) is 23.0 Å². The van der Waals surface area contributed by atoms with Gasteiger partial charge in [-0.25, -0.2) is 9.50 Å². The lowest BCUT2D eigenvalue weighted by Crippen LogP contribution is -2.05. The number of carboxylic acids is 1. The molecule has 180 valence electrons. The molecule has 7 heteroatoms. The van der Waals surface area contributed by atoms with Crippen LogP contribution in [0.15, 0.2) is 60.8 Å². The molecule has 4 rings (SSSR count). The Bertz CT molecular complexity index is 1500. The van der Waals surface area contributed by atoms with Crippen LogP contribution >= 0.6 is 0 Å². The quantitative estimate of drug-likeness (QED) is 0.333. The first kappa shape index (κ1) is 24.5. The van der Waals surface area contributed by atoms with Gasteiger partial charge in [0.1, 0.15) is 12.4 Å². The smallest absolute Gasteiger partial charge is 0.304 e. The van der Waals surface area contributed by atoms with E-state index in [-0.39, 0.29) is 24.9 Å². The fourth-order valence-corrected chi connectivity index (χ4v) is 3.96. The standard InChI is InChI=1S/C29H26N4O3/c1-4-7-22(15-27(34)35)21-10-12-24(13-11-21)36-18-20-14-26(25-9-6-5-8-23(25)16-30)29-31-28(19(2)3)32-33(29)17-20/h5-6,8-14,17,19,22H,15,18H2,1-3H3,(H,34,35)/t22-/m0/s1. The van der Waals surface area contributed by atoms with Gasteiger partial charge < -0.3 is 9.84 Å². The van der Waals surface area contributed by atoms with Crippen LogP contribution in [-0.2, 0) is 11.4 Å². The highest BCUT2D eigenvalue weighted by molar-refractivity contribution is 5.81. The van der Waals surface area contributed by atoms with Crippen LogP contribution in [0.3, 0.4) is 0 Å². The molecule has 0 radical (unpaired) electrons. The topological polar surface area (TPSA) is 101 Å². The molecule has 2 heterocycles. The predicted molar refractivity (Wildman–Crippen MR) is 136 cm³/mol. The number of nitriles is 1. The normalized spacial score (nSPS) is 11.5. The van der Waals surface area contributed by atoms with Crippen molar-refractivity contribution in [3.63, 3.8) is 0 Å². The molecule has 4 aromatic rings. The van der Waals surface area contributed by atoms with Gasteiger partial charge in [0.05, 0.1) is 24.0 Å². The molecule has 7 nitrogen and oxygen atoms in total. The largest absolute Gasteiger partial charge is 0.489 e. The fourth-order valence-electron chi connectivity index (χ4n) is 3.96. The number of aliphatic carboxylic acids is 1. The van der Waals surface area contributed by atoms with Gasteiger partial charge in [0, 0.05) is 28.8 Å². The minimum atomic E-state index is -0.888. The van der Waals surface area contributed by atoms with E-state index >= 15 is 0 Å². The average molecular weight is 479 g/mol. The highest BCUT2D eigenvalue weighted by atomic mass is 16.5. The number of ether oxygens (including phenoxy) is 1. The van der Waals surface area contributed by atoms with E-state index in [4.69, 9.17) is 14.8 Å². The molecule has 0 fully saturated rings. The number of pyridine rings is 1. The Morgan fingerprint density at radius 3 is 2.56 bits per heavy atom. The second kappa shape index (κ2) is 10.8. The number of fused-ring (bicyclic) bond motifs is 1. The monoisotopic (exact) mass is 478 g/mol. The molecule has 0 amide bonds. The molecule has 0 unspecified atom stereocenters. The van der Waals surface area contributed by atoms with E-state index < -0.39 is 5.97 Å². The maximum atomic E-state index is 11.2. The second-order valence-electron chi connectivity index (χ2n) is 8.71. The van der Waals surface area contributed by atoms with E-state index in [0.29, 0.717) is 17.0 Å². The molecule has 0 aliphatic carbocycles. The highest BCUT2D eigenvalue weighted by Crippen LogP contribution is 2.29. The van der Waals surface area contributed by atoms with Gasteiger partial charge in [-0.15, -0.1) is 5.92 Å². The molecular weight excluding hydrogens is 452 g/mol. The Morgan fingerprint density at radius 1 is 1.14 bits per heavy atom. The van der Waals surface area contributed by atoms with Crippen LogP contribution < -0.4 is 4.74 Å². The Morgan fingerprint density at radius 2 is 1.89 bits per heavy atom. The lowest BCUT2D eigenvalue weighted by Gasteiger charge is -2.12. The summed E-state index contributed by atoms with van der Waals surface area (Å²) in [5, 5.41) is 23.5. The van der Waals surface area contributed by atoms with E-state index in [0.717, 1.165) is 28.1 Å². The van der Waals surface area contributed by atoms with Gasteiger partial charge in [0.2, 0.25) is 0 Å². The number of hydrogen-bond acceptors (Lipinski definition) is 5. The lowest BCUT2D eigenvalue weighted by molar-refractivity contribution is -0.137. The van der Waals surface area contributed by atoms with E-state index in [1.807, 2.05) is 68.6 Å². The van der Waals surface area contributed by atoms with Crippen LogP contribution in [-0.4, -0.2) is 25.7 Å². The van der Waals surface area contributed by atoms with E-state index in [1.54, 1.807) is 17.5 Å². The Hall–Kier alpha value is -4.62. The molecule has 1 N–H and O–H groups in total. The number of carbonyl (C=O) groups is 1. The van der Waals surface area contributed by atoms with Crippen LogP contribution in [0.2, 0.25) is 0 Å². The third kappa shape index (κ3) is 5.37. The summed E-state index contributed by atoms with van der Waals surface area (Å²) in [7, 11) is 0. The Balaban J connectivity index is 1.64. The number of benzene rings is 2. The molecule has 0 saturated carbocycles. The molecule has 2 aromatic heterocycles. The summed E-state index contributed by atoms with van der Waals surface area (Å²) < 4.78 is 7.79. The van der Waals surface area contributed by atoms with Crippen LogP contribution in [0.1, 0.15) is 61.5 Å². The van der Waals surface area contributed by atoms with Gasteiger partial charge in [-0.2, -0.15) is 10.4 Å². The average Bonchev–Trinajstić information content (AvgIpc) is 3.31. The first-order chi connectivity index (χ1) is 17.4. The van der Waals surface area contributed by atoms with Crippen molar-refractivity contribution in [2.24, 2.45) is 0 Å². The van der Waals surface area contributed by atoms with Gasteiger partial charge >= 0.3 is 5.97 Å². The molecule has 0 spiro atoms. The molecule has 1 atom stereocenters. The summed E-state index contributed by atoms with van der Waals surface area (Å²) in [4.78, 5) is 15.9. The lowest BCUT2D eigenvalue weighted by atomic mass is 9.96. The van der Waals surface area contributed by atoms with Crippen molar-refractivity contribution >= 4 is 11.6 Å². The number of carboxylic acid groups (broad SMARTS) is 1. The van der Waals surface area contributed by atoms with Gasteiger partial charge in [-0.1, -0.05) is 50.1 Å². The molecular formula is C29H26N4O3. The predicted octanol–water partition coefficient (Wildman–Crippen LogP) is 5.55. The zero-order chi connectivity index (χ0) is 25.7. The highest BCUT2D eigenvalue weighted by Gasteiger charge is 2.17. The third-order valence-electron chi connectivity index (χ3n) is 5.75. The summed E-state index contributed by atoms with van der Waals surface area (Å²) in [6.07, 6.45) is 1.84. The van der Waals surface area contributed by atoms with Crippen molar-refractivity contribution in [2.45, 2.75) is 45.6 Å². The van der Waals surface area contributed by atoms with Gasteiger partial charge in [0.15, 0.2) is 11.5 Å². The molecule has 0 saturated heterocycles. The SMILES string of the molecule is CC#C[C@@H](CC(=O)O)c1ccc(OCc2cc(-c3ccccc3C#N)c3nc(C(C)C)nn3c2)cc1. The van der Waals surface area contributed by atoms with Crippen molar-refractivity contribution in [3.8, 4) is 34.8 Å². The van der Waals surface area contributed by atoms with Crippen molar-refractivity contribution < 1.29 is 14.6 Å².